The maximum Gasteiger partial charge on any atom is 0.363 e. The van der Waals surface area contributed by atoms with E-state index in [1.165, 1.54) is 0 Å². The van der Waals surface area contributed by atoms with Crippen LogP contribution in [-0.4, -0.2) is 33.7 Å². The number of rotatable bonds is 7. The summed E-state index contributed by atoms with van der Waals surface area (Å²) in [5.41, 5.74) is 0.887. The molecule has 0 atom stereocenters. The first-order valence-corrected chi connectivity index (χ1v) is 9.00. The quantitative estimate of drug-likeness (QED) is 0.202. The van der Waals surface area contributed by atoms with Gasteiger partial charge in [0.25, 0.3) is 0 Å². The number of hydrogen-bond donors (Lipinski definition) is 2. The third-order valence-corrected chi connectivity index (χ3v) is 4.08. The van der Waals surface area contributed by atoms with Gasteiger partial charge in [0.2, 0.25) is 11.6 Å². The standard InChI is InChI=1S/C20H16ClN3O5/c21-11-16(25)23-20-22-15(12-28-20)17(24-27)19(26)29-18(13-7-3-1-4-8-13)14-9-5-2-6-10-14/h1-10,12,18,27H,11H2,(H,22,23,25)/b24-17-. The fourth-order valence-electron chi connectivity index (χ4n) is 2.54. The Hall–Kier alpha value is -3.65. The number of oxime groups is 1. The van der Waals surface area contributed by atoms with Gasteiger partial charge < -0.3 is 14.4 Å². The summed E-state index contributed by atoms with van der Waals surface area (Å²) >= 11 is 5.40. The molecule has 3 rings (SSSR count). The minimum Gasteiger partial charge on any atom is -0.448 e. The average Bonchev–Trinajstić information content (AvgIpc) is 3.21. The molecule has 0 unspecified atom stereocenters. The summed E-state index contributed by atoms with van der Waals surface area (Å²) < 4.78 is 10.7. The first-order chi connectivity index (χ1) is 14.1. The third kappa shape index (κ3) is 4.99. The van der Waals surface area contributed by atoms with Crippen LogP contribution in [0.25, 0.3) is 0 Å². The van der Waals surface area contributed by atoms with Gasteiger partial charge in [-0.3, -0.25) is 10.1 Å². The fraction of sp³-hybridized carbons (Fsp3) is 0.100. The lowest BCUT2D eigenvalue weighted by Gasteiger charge is -2.18. The van der Waals surface area contributed by atoms with Crippen molar-refractivity contribution in [3.05, 3.63) is 83.7 Å². The second kappa shape index (κ2) is 9.52. The summed E-state index contributed by atoms with van der Waals surface area (Å²) in [6, 6.07) is 18.1. The van der Waals surface area contributed by atoms with E-state index in [1.54, 1.807) is 0 Å². The highest BCUT2D eigenvalue weighted by Crippen LogP contribution is 2.26. The highest BCUT2D eigenvalue weighted by atomic mass is 35.5. The lowest BCUT2D eigenvalue weighted by Crippen LogP contribution is -2.22. The Labute approximate surface area is 170 Å². The van der Waals surface area contributed by atoms with Crippen LogP contribution in [0.5, 0.6) is 0 Å². The Bertz CT molecular complexity index is 966. The second-order valence-electron chi connectivity index (χ2n) is 5.78. The molecule has 2 aromatic carbocycles. The second-order valence-corrected chi connectivity index (χ2v) is 6.04. The van der Waals surface area contributed by atoms with Gasteiger partial charge in [0.1, 0.15) is 17.8 Å². The van der Waals surface area contributed by atoms with Crippen LogP contribution in [0.4, 0.5) is 6.01 Å². The number of ether oxygens (including phenoxy) is 1. The minimum absolute atomic E-state index is 0.109. The third-order valence-electron chi connectivity index (χ3n) is 3.84. The fourth-order valence-corrected chi connectivity index (χ4v) is 2.60. The zero-order chi connectivity index (χ0) is 20.6. The first-order valence-electron chi connectivity index (χ1n) is 8.47. The van der Waals surface area contributed by atoms with Gasteiger partial charge in [-0.1, -0.05) is 65.8 Å². The number of nitrogens with one attached hydrogen (secondary N) is 1. The molecule has 3 aromatic rings. The molecule has 1 aromatic heterocycles. The molecule has 0 spiro atoms. The van der Waals surface area contributed by atoms with Gasteiger partial charge >= 0.3 is 12.0 Å². The van der Waals surface area contributed by atoms with Crippen molar-refractivity contribution in [2.24, 2.45) is 5.16 Å². The van der Waals surface area contributed by atoms with Gasteiger partial charge in [-0.2, -0.15) is 4.98 Å². The van der Waals surface area contributed by atoms with Crippen LogP contribution >= 0.6 is 11.6 Å². The zero-order valence-corrected chi connectivity index (χ0v) is 15.7. The van der Waals surface area contributed by atoms with Crippen LogP contribution in [0.15, 0.2) is 76.5 Å². The summed E-state index contributed by atoms with van der Waals surface area (Å²) in [6.45, 7) is 0. The van der Waals surface area contributed by atoms with Gasteiger partial charge in [0, 0.05) is 0 Å². The Balaban J connectivity index is 1.84. The number of benzene rings is 2. The number of alkyl halides is 1. The van der Waals surface area contributed by atoms with Crippen LogP contribution in [0, 0.1) is 0 Å². The summed E-state index contributed by atoms with van der Waals surface area (Å²) in [7, 11) is 0. The molecule has 9 heteroatoms. The molecule has 8 nitrogen and oxygen atoms in total. The molecule has 0 aliphatic heterocycles. The van der Waals surface area contributed by atoms with E-state index in [-0.39, 0.29) is 17.6 Å². The van der Waals surface area contributed by atoms with E-state index in [4.69, 9.17) is 20.8 Å². The van der Waals surface area contributed by atoms with E-state index >= 15 is 0 Å². The Morgan fingerprint density at radius 3 is 2.21 bits per heavy atom. The minimum atomic E-state index is -0.922. The van der Waals surface area contributed by atoms with Crippen LogP contribution in [0.2, 0.25) is 0 Å². The number of oxazole rings is 1. The Morgan fingerprint density at radius 1 is 1.10 bits per heavy atom. The van der Waals surface area contributed by atoms with Gasteiger partial charge in [0.15, 0.2) is 6.10 Å². The Kier molecular flexibility index (Phi) is 6.59. The molecule has 0 saturated heterocycles. The molecule has 0 saturated carbocycles. The average molecular weight is 414 g/mol. The largest absolute Gasteiger partial charge is 0.448 e. The van der Waals surface area contributed by atoms with Crippen molar-refractivity contribution in [2.45, 2.75) is 6.10 Å². The molecule has 0 bridgehead atoms. The molecular formula is C20H16ClN3O5. The predicted molar refractivity (Wildman–Crippen MR) is 105 cm³/mol. The van der Waals surface area contributed by atoms with Gasteiger partial charge in [-0.15, -0.1) is 11.6 Å². The molecule has 2 N–H and O–H groups in total. The summed E-state index contributed by atoms with van der Waals surface area (Å²) in [4.78, 5) is 27.9. The maximum absolute atomic E-state index is 12.7. The number of anilines is 1. The molecule has 29 heavy (non-hydrogen) atoms. The molecule has 0 aliphatic carbocycles. The van der Waals surface area contributed by atoms with Crippen LogP contribution < -0.4 is 5.32 Å². The number of amides is 1. The van der Waals surface area contributed by atoms with Gasteiger partial charge in [-0.05, 0) is 11.1 Å². The number of esters is 1. The van der Waals surface area contributed by atoms with Crippen LogP contribution in [0.3, 0.4) is 0 Å². The molecule has 0 aliphatic rings. The summed E-state index contributed by atoms with van der Waals surface area (Å²) in [5.74, 6) is -1.76. The topological polar surface area (TPSA) is 114 Å². The molecule has 1 heterocycles. The number of carbonyl (C=O) groups excluding carboxylic acids is 2. The SMILES string of the molecule is O=C(CCl)Nc1nc(/C(=N/O)C(=O)OC(c2ccccc2)c2ccccc2)co1. The van der Waals surface area contributed by atoms with E-state index in [0.717, 1.165) is 17.4 Å². The summed E-state index contributed by atoms with van der Waals surface area (Å²) in [5, 5.41) is 14.6. The molecule has 148 valence electrons. The normalized spacial score (nSPS) is 11.3. The van der Waals surface area contributed by atoms with Crippen molar-refractivity contribution >= 4 is 35.2 Å². The van der Waals surface area contributed by atoms with Crippen LogP contribution in [0.1, 0.15) is 22.9 Å². The van der Waals surface area contributed by atoms with Crippen molar-refractivity contribution in [3.8, 4) is 0 Å². The van der Waals surface area contributed by atoms with Gasteiger partial charge in [0.05, 0.1) is 0 Å². The number of nitrogens with zero attached hydrogens (tertiary/aromatic N) is 2. The monoisotopic (exact) mass is 413 g/mol. The number of hydrogen-bond acceptors (Lipinski definition) is 7. The van der Waals surface area contributed by atoms with E-state index in [1.807, 2.05) is 60.7 Å². The van der Waals surface area contributed by atoms with Crippen molar-refractivity contribution in [1.82, 2.24) is 4.98 Å². The van der Waals surface area contributed by atoms with Crippen molar-refractivity contribution in [1.29, 1.82) is 0 Å². The smallest absolute Gasteiger partial charge is 0.363 e. The van der Waals surface area contributed by atoms with E-state index < -0.39 is 23.7 Å². The summed E-state index contributed by atoms with van der Waals surface area (Å²) in [6.07, 6.45) is 0.323. The lowest BCUT2D eigenvalue weighted by atomic mass is 10.0. The lowest BCUT2D eigenvalue weighted by molar-refractivity contribution is -0.139. The first kappa shape index (κ1) is 20.1. The Morgan fingerprint density at radius 2 is 1.69 bits per heavy atom. The van der Waals surface area contributed by atoms with Crippen molar-refractivity contribution in [3.63, 3.8) is 0 Å². The predicted octanol–water partition coefficient (Wildman–Crippen LogP) is 3.36. The van der Waals surface area contributed by atoms with E-state index in [0.29, 0.717) is 0 Å². The molecule has 0 fully saturated rings. The van der Waals surface area contributed by atoms with Crippen molar-refractivity contribution in [2.75, 3.05) is 11.2 Å². The van der Waals surface area contributed by atoms with Gasteiger partial charge in [-0.25, -0.2) is 4.79 Å². The molecule has 1 amide bonds. The van der Waals surface area contributed by atoms with Crippen LogP contribution in [-0.2, 0) is 14.3 Å². The molecular weight excluding hydrogens is 398 g/mol. The zero-order valence-electron chi connectivity index (χ0n) is 15.0. The highest BCUT2D eigenvalue weighted by Gasteiger charge is 2.26. The van der Waals surface area contributed by atoms with Crippen molar-refractivity contribution < 1.29 is 24.0 Å². The maximum atomic E-state index is 12.7. The highest BCUT2D eigenvalue weighted by molar-refractivity contribution is 6.42. The number of halogens is 1. The molecule has 0 radical (unpaired) electrons. The number of carbonyl (C=O) groups is 2. The number of aromatic nitrogens is 1. The van der Waals surface area contributed by atoms with E-state index in [9.17, 15) is 14.8 Å². The van der Waals surface area contributed by atoms with E-state index in [2.05, 4.69) is 15.5 Å².